The Morgan fingerprint density at radius 1 is 1.03 bits per heavy atom. The van der Waals surface area contributed by atoms with Gasteiger partial charge in [0.1, 0.15) is 0 Å². The molecule has 3 aromatic rings. The molecule has 0 fully saturated rings. The van der Waals surface area contributed by atoms with Crippen LogP contribution in [0.4, 0.5) is 13.2 Å². The number of hydrogen-bond acceptors (Lipinski definition) is 4. The number of rotatable bonds is 6. The van der Waals surface area contributed by atoms with Crippen molar-refractivity contribution in [3.05, 3.63) is 98.9 Å². The van der Waals surface area contributed by atoms with E-state index in [1.54, 1.807) is 12.1 Å². The summed E-state index contributed by atoms with van der Waals surface area (Å²) in [5, 5.41) is 10.6. The summed E-state index contributed by atoms with van der Waals surface area (Å²) in [7, 11) is 0. The molecule has 1 aromatic heterocycles. The topological polar surface area (TPSA) is 53.0 Å². The Hall–Kier alpha value is -2.32. The second-order valence-electron chi connectivity index (χ2n) is 9.28. The van der Waals surface area contributed by atoms with Crippen LogP contribution in [0.1, 0.15) is 74.8 Å². The molecule has 1 unspecified atom stereocenters. The molecule has 190 valence electrons. The third-order valence-corrected chi connectivity index (χ3v) is 8.07. The fourth-order valence-electron chi connectivity index (χ4n) is 4.97. The maximum absolute atomic E-state index is 13.8. The number of carboxylic acid groups (broad SMARTS) is 1. The molecule has 0 radical (unpaired) electrons. The van der Waals surface area contributed by atoms with E-state index in [0.29, 0.717) is 5.56 Å². The minimum Gasteiger partial charge on any atom is -0.550 e. The number of benzene rings is 2. The normalized spacial score (nSPS) is 16.2. The van der Waals surface area contributed by atoms with E-state index in [2.05, 4.69) is 6.07 Å². The fraction of sp³-hybridized carbons (Fsp3) is 0.267. The van der Waals surface area contributed by atoms with E-state index in [1.165, 1.54) is 35.9 Å². The molecule has 2 aromatic carbocycles. The predicted molar refractivity (Wildman–Crippen MR) is 141 cm³/mol. The zero-order valence-corrected chi connectivity index (χ0v) is 23.9. The van der Waals surface area contributed by atoms with E-state index in [4.69, 9.17) is 4.98 Å². The van der Waals surface area contributed by atoms with Gasteiger partial charge in [-0.15, -0.1) is 11.8 Å². The molecule has 0 aliphatic heterocycles. The molecule has 8 heteroatoms. The number of aromatic nitrogens is 1. The molecule has 0 saturated carbocycles. The van der Waals surface area contributed by atoms with Crippen molar-refractivity contribution in [3.8, 4) is 0 Å². The first-order valence-electron chi connectivity index (χ1n) is 12.3. The van der Waals surface area contributed by atoms with Crippen LogP contribution < -0.4 is 34.7 Å². The van der Waals surface area contributed by atoms with Crippen LogP contribution in [0.2, 0.25) is 0 Å². The van der Waals surface area contributed by atoms with Gasteiger partial charge in [-0.1, -0.05) is 48.6 Å². The van der Waals surface area contributed by atoms with Gasteiger partial charge >= 0.3 is 35.7 Å². The second kappa shape index (κ2) is 12.2. The monoisotopic (exact) mass is 543 g/mol. The van der Waals surface area contributed by atoms with Crippen molar-refractivity contribution in [1.29, 1.82) is 0 Å². The van der Waals surface area contributed by atoms with Gasteiger partial charge in [0.25, 0.3) is 0 Å². The molecule has 1 atom stereocenters. The second-order valence-corrected chi connectivity index (χ2v) is 10.5. The molecular formula is C30H25F3NNaO2S. The van der Waals surface area contributed by atoms with Crippen molar-refractivity contribution in [1.82, 2.24) is 4.98 Å². The van der Waals surface area contributed by atoms with Crippen LogP contribution in [0.25, 0.3) is 24.3 Å². The van der Waals surface area contributed by atoms with Gasteiger partial charge in [-0.3, -0.25) is 4.98 Å². The minimum atomic E-state index is -4.50. The van der Waals surface area contributed by atoms with Crippen molar-refractivity contribution in [2.24, 2.45) is 0 Å². The molecule has 2 aliphatic carbocycles. The Morgan fingerprint density at radius 3 is 2.63 bits per heavy atom. The zero-order valence-electron chi connectivity index (χ0n) is 21.1. The van der Waals surface area contributed by atoms with Gasteiger partial charge in [0.15, 0.2) is 0 Å². The predicted octanol–water partition coefficient (Wildman–Crippen LogP) is 3.60. The molecule has 0 N–H and O–H groups in total. The number of carboxylic acids is 1. The average Bonchev–Trinajstić information content (AvgIpc) is 3.03. The van der Waals surface area contributed by atoms with E-state index in [1.807, 2.05) is 36.4 Å². The Kier molecular flexibility index (Phi) is 9.24. The Morgan fingerprint density at radius 2 is 1.84 bits per heavy atom. The number of nitrogens with zero attached hydrogens (tertiary/aromatic N) is 1. The van der Waals surface area contributed by atoms with Crippen LogP contribution in [0.5, 0.6) is 0 Å². The summed E-state index contributed by atoms with van der Waals surface area (Å²) >= 11 is 1.32. The van der Waals surface area contributed by atoms with Gasteiger partial charge in [-0.2, -0.15) is 13.2 Å². The number of hydrogen-bond donors (Lipinski definition) is 0. The van der Waals surface area contributed by atoms with E-state index in [-0.39, 0.29) is 47.3 Å². The van der Waals surface area contributed by atoms with E-state index < -0.39 is 23.0 Å². The fourth-order valence-corrected chi connectivity index (χ4v) is 6.26. The van der Waals surface area contributed by atoms with E-state index in [9.17, 15) is 23.1 Å². The van der Waals surface area contributed by atoms with Crippen molar-refractivity contribution in [2.75, 3.05) is 5.75 Å². The van der Waals surface area contributed by atoms with Crippen LogP contribution in [-0.4, -0.2) is 16.7 Å². The van der Waals surface area contributed by atoms with Gasteiger partial charge < -0.3 is 9.90 Å². The van der Waals surface area contributed by atoms with Crippen molar-refractivity contribution in [2.45, 2.75) is 43.5 Å². The SMILES string of the molecule is O=C([O-])CCSC1c2cc(C=Cc3ccc4c(n3)CCCC4)ccc2C=Cc2c1cccc2C(F)(F)F.[Na+]. The molecule has 1 heterocycles. The quantitative estimate of drug-likeness (QED) is 0.446. The van der Waals surface area contributed by atoms with Crippen LogP contribution in [-0.2, 0) is 23.8 Å². The van der Waals surface area contributed by atoms with Gasteiger partial charge in [-0.25, -0.2) is 0 Å². The standard InChI is InChI=1S/C30H26F3NO2S.Na/c31-30(32,33)26-6-3-5-24-23(26)15-12-20-10-8-19(18-25(20)29(24)37-17-16-28(35)36)9-13-22-14-11-21-4-1-2-7-27(21)34-22;/h3,5-6,8-15,18,29H,1-2,4,7,16-17H2,(H,35,36);/q;+1/p-1. The molecule has 38 heavy (non-hydrogen) atoms. The van der Waals surface area contributed by atoms with Crippen molar-refractivity contribution in [3.63, 3.8) is 0 Å². The van der Waals surface area contributed by atoms with E-state index in [0.717, 1.165) is 53.4 Å². The third kappa shape index (κ3) is 6.45. The third-order valence-electron chi connectivity index (χ3n) is 6.79. The molecule has 0 amide bonds. The minimum absolute atomic E-state index is 0. The summed E-state index contributed by atoms with van der Waals surface area (Å²) in [5.41, 5.74) is 5.83. The van der Waals surface area contributed by atoms with Gasteiger partial charge in [-0.05, 0) is 95.5 Å². The first-order chi connectivity index (χ1) is 17.8. The number of pyridine rings is 1. The summed E-state index contributed by atoms with van der Waals surface area (Å²) in [5.74, 6) is -0.959. The Balaban J connectivity index is 0.00000336. The summed E-state index contributed by atoms with van der Waals surface area (Å²) in [6.07, 6.45) is 6.88. The molecular weight excluding hydrogens is 518 g/mol. The Bertz CT molecular complexity index is 1400. The van der Waals surface area contributed by atoms with Crippen molar-refractivity contribution >= 4 is 42.0 Å². The molecule has 2 aliphatic rings. The van der Waals surface area contributed by atoms with Gasteiger partial charge in [0.05, 0.1) is 16.5 Å². The van der Waals surface area contributed by atoms with Crippen LogP contribution in [0.15, 0.2) is 48.5 Å². The molecule has 0 saturated heterocycles. The van der Waals surface area contributed by atoms with Gasteiger partial charge in [0, 0.05) is 11.7 Å². The number of fused-ring (bicyclic) bond motifs is 3. The number of carbonyl (C=O) groups excluding carboxylic acids is 1. The molecule has 5 rings (SSSR count). The average molecular weight is 544 g/mol. The summed E-state index contributed by atoms with van der Waals surface area (Å²) in [6, 6.07) is 14.2. The maximum atomic E-state index is 13.8. The number of alkyl halides is 3. The number of aryl methyl sites for hydroxylation is 2. The van der Waals surface area contributed by atoms with Crippen LogP contribution in [0.3, 0.4) is 0 Å². The number of halogens is 3. The molecule has 0 spiro atoms. The smallest absolute Gasteiger partial charge is 0.550 e. The largest absolute Gasteiger partial charge is 1.00 e. The summed E-state index contributed by atoms with van der Waals surface area (Å²) in [4.78, 5) is 15.8. The Labute approximate surface area is 246 Å². The van der Waals surface area contributed by atoms with Crippen molar-refractivity contribution < 1.29 is 52.6 Å². The van der Waals surface area contributed by atoms with E-state index >= 15 is 0 Å². The number of carbonyl (C=O) groups is 1. The summed E-state index contributed by atoms with van der Waals surface area (Å²) in [6.45, 7) is 0. The number of aliphatic carboxylic acids is 1. The summed E-state index contributed by atoms with van der Waals surface area (Å²) < 4.78 is 41.4. The first kappa shape index (κ1) is 28.7. The zero-order chi connectivity index (χ0) is 26.0. The molecule has 3 nitrogen and oxygen atoms in total. The van der Waals surface area contributed by atoms with Gasteiger partial charge in [0.2, 0.25) is 0 Å². The van der Waals surface area contributed by atoms with Crippen LogP contribution >= 0.6 is 11.8 Å². The first-order valence-corrected chi connectivity index (χ1v) is 13.3. The maximum Gasteiger partial charge on any atom is 1.00 e. The molecule has 0 bridgehead atoms. The van der Waals surface area contributed by atoms with Crippen LogP contribution in [0, 0.1) is 0 Å². The number of thioether (sulfide) groups is 1.